The third-order valence-electron chi connectivity index (χ3n) is 4.75. The highest BCUT2D eigenvalue weighted by Crippen LogP contribution is 2.32. The Balaban J connectivity index is 1.43. The quantitative estimate of drug-likeness (QED) is 0.725. The molecule has 0 saturated carbocycles. The molecule has 1 N–H and O–H groups in total. The number of hydrogen-bond acceptors (Lipinski definition) is 3. The number of ether oxygens (including phenoxy) is 2. The summed E-state index contributed by atoms with van der Waals surface area (Å²) in [6, 6.07) is 18.0. The summed E-state index contributed by atoms with van der Waals surface area (Å²) < 4.78 is 12.8. The van der Waals surface area contributed by atoms with Crippen molar-refractivity contribution in [1.29, 1.82) is 0 Å². The van der Waals surface area contributed by atoms with Crippen LogP contribution in [0.5, 0.6) is 11.5 Å². The summed E-state index contributed by atoms with van der Waals surface area (Å²) in [7, 11) is 0. The minimum Gasteiger partial charge on any atom is -0.454 e. The summed E-state index contributed by atoms with van der Waals surface area (Å²) in [5.41, 5.74) is 3.31. The van der Waals surface area contributed by atoms with Crippen molar-refractivity contribution in [3.8, 4) is 11.5 Å². The lowest BCUT2D eigenvalue weighted by molar-refractivity contribution is -0.121. The third-order valence-corrected chi connectivity index (χ3v) is 4.75. The van der Waals surface area contributed by atoms with Gasteiger partial charge >= 0.3 is 0 Å². The van der Waals surface area contributed by atoms with Crippen molar-refractivity contribution in [3.63, 3.8) is 0 Å². The van der Waals surface area contributed by atoms with Crippen LogP contribution in [0.4, 0.5) is 0 Å². The second-order valence-corrected chi connectivity index (χ2v) is 6.73. The molecular formula is C22H22N2O3. The predicted molar refractivity (Wildman–Crippen MR) is 103 cm³/mol. The molecule has 138 valence electrons. The fraction of sp³-hybridized carbons (Fsp3) is 0.227. The third kappa shape index (κ3) is 3.97. The largest absolute Gasteiger partial charge is 0.454 e. The van der Waals surface area contributed by atoms with Gasteiger partial charge in [-0.05, 0) is 42.3 Å². The van der Waals surface area contributed by atoms with Crippen LogP contribution in [-0.2, 0) is 11.3 Å². The molecule has 0 aliphatic carbocycles. The molecule has 0 bridgehead atoms. The summed E-state index contributed by atoms with van der Waals surface area (Å²) >= 11 is 0. The van der Waals surface area contributed by atoms with Crippen LogP contribution in [0.25, 0.3) is 0 Å². The number of hydrogen-bond donors (Lipinski definition) is 1. The highest BCUT2D eigenvalue weighted by Gasteiger charge is 2.18. The van der Waals surface area contributed by atoms with E-state index in [0.717, 1.165) is 22.6 Å². The van der Waals surface area contributed by atoms with Gasteiger partial charge in [0.25, 0.3) is 0 Å². The molecule has 1 amide bonds. The van der Waals surface area contributed by atoms with Gasteiger partial charge in [-0.1, -0.05) is 35.9 Å². The van der Waals surface area contributed by atoms with Crippen LogP contribution >= 0.6 is 0 Å². The van der Waals surface area contributed by atoms with Crippen LogP contribution in [0.1, 0.15) is 29.2 Å². The molecule has 5 heteroatoms. The average molecular weight is 362 g/mol. The second kappa shape index (κ2) is 7.58. The Bertz CT molecular complexity index is 917. The van der Waals surface area contributed by atoms with E-state index in [-0.39, 0.29) is 18.7 Å². The van der Waals surface area contributed by atoms with Gasteiger partial charge in [0.1, 0.15) is 0 Å². The smallest absolute Gasteiger partial charge is 0.231 e. The van der Waals surface area contributed by atoms with Gasteiger partial charge in [-0.25, -0.2) is 0 Å². The lowest BCUT2D eigenvalue weighted by atomic mass is 10.0. The Morgan fingerprint density at radius 1 is 1.07 bits per heavy atom. The molecule has 0 saturated heterocycles. The van der Waals surface area contributed by atoms with E-state index in [1.165, 1.54) is 5.56 Å². The van der Waals surface area contributed by atoms with Crippen molar-refractivity contribution < 1.29 is 14.3 Å². The number of nitrogens with one attached hydrogen (secondary N) is 1. The van der Waals surface area contributed by atoms with E-state index in [1.807, 2.05) is 42.7 Å². The molecule has 2 heterocycles. The van der Waals surface area contributed by atoms with Crippen molar-refractivity contribution in [1.82, 2.24) is 9.88 Å². The molecule has 27 heavy (non-hydrogen) atoms. The van der Waals surface area contributed by atoms with E-state index in [1.54, 1.807) is 0 Å². The summed E-state index contributed by atoms with van der Waals surface area (Å²) in [5.74, 6) is 1.48. The second-order valence-electron chi connectivity index (χ2n) is 6.73. The lowest BCUT2D eigenvalue weighted by Crippen LogP contribution is -2.26. The Hall–Kier alpha value is -3.21. The average Bonchev–Trinajstić information content (AvgIpc) is 3.36. The molecule has 0 radical (unpaired) electrons. The topological polar surface area (TPSA) is 52.5 Å². The van der Waals surface area contributed by atoms with E-state index in [0.29, 0.717) is 13.0 Å². The van der Waals surface area contributed by atoms with Crippen LogP contribution in [-0.4, -0.2) is 17.3 Å². The molecule has 1 aromatic heterocycles. The van der Waals surface area contributed by atoms with Gasteiger partial charge in [-0.15, -0.1) is 0 Å². The summed E-state index contributed by atoms with van der Waals surface area (Å²) in [6.45, 7) is 2.77. The number of amides is 1. The number of aryl methyl sites for hydroxylation is 1. The maximum absolute atomic E-state index is 12.6. The fourth-order valence-electron chi connectivity index (χ4n) is 3.24. The number of carbonyl (C=O) groups excluding carboxylic acids is 1. The zero-order valence-electron chi connectivity index (χ0n) is 15.2. The van der Waals surface area contributed by atoms with Crippen LogP contribution in [0, 0.1) is 6.92 Å². The predicted octanol–water partition coefficient (Wildman–Crippen LogP) is 3.82. The zero-order chi connectivity index (χ0) is 18.6. The number of carbonyl (C=O) groups is 1. The van der Waals surface area contributed by atoms with E-state index in [9.17, 15) is 4.79 Å². The van der Waals surface area contributed by atoms with E-state index in [4.69, 9.17) is 9.47 Å². The molecule has 3 aromatic rings. The Kier molecular flexibility index (Phi) is 4.83. The van der Waals surface area contributed by atoms with Crippen molar-refractivity contribution in [2.75, 3.05) is 6.79 Å². The molecule has 1 aliphatic rings. The summed E-state index contributed by atoms with van der Waals surface area (Å²) in [6.07, 6.45) is 4.37. The normalized spacial score (nSPS) is 13.4. The maximum Gasteiger partial charge on any atom is 0.231 e. The Morgan fingerprint density at radius 2 is 1.81 bits per heavy atom. The van der Waals surface area contributed by atoms with Crippen molar-refractivity contribution in [2.24, 2.45) is 0 Å². The summed E-state index contributed by atoms with van der Waals surface area (Å²) in [5, 5.41) is 3.02. The first-order valence-electron chi connectivity index (χ1n) is 9.03. The molecule has 0 fully saturated rings. The highest BCUT2D eigenvalue weighted by molar-refractivity contribution is 5.77. The van der Waals surface area contributed by atoms with Gasteiger partial charge in [0, 0.05) is 18.9 Å². The number of rotatable bonds is 6. The molecule has 4 rings (SSSR count). The van der Waals surface area contributed by atoms with Gasteiger partial charge in [0.2, 0.25) is 12.7 Å². The number of aromatic nitrogens is 1. The van der Waals surface area contributed by atoms with Gasteiger partial charge in [0.05, 0.1) is 12.5 Å². The Labute approximate surface area is 158 Å². The van der Waals surface area contributed by atoms with Gasteiger partial charge in [-0.3, -0.25) is 4.79 Å². The zero-order valence-corrected chi connectivity index (χ0v) is 15.2. The maximum atomic E-state index is 12.6. The number of nitrogens with zero attached hydrogens (tertiary/aromatic N) is 1. The van der Waals surface area contributed by atoms with Crippen molar-refractivity contribution >= 4 is 5.91 Å². The first-order chi connectivity index (χ1) is 13.2. The standard InChI is InChI=1S/C22H22N2O3/c1-16-4-7-18(8-5-16)19(24-10-2-3-11-24)13-22(25)23-14-17-6-9-20-21(12-17)27-15-26-20/h2-12,19H,13-15H2,1H3,(H,23,25)/t19-/m1/s1. The minimum absolute atomic E-state index is 0.00643. The first kappa shape index (κ1) is 17.2. The van der Waals surface area contributed by atoms with Gasteiger partial charge in [0.15, 0.2) is 11.5 Å². The van der Waals surface area contributed by atoms with Crippen LogP contribution in [0.15, 0.2) is 67.0 Å². The lowest BCUT2D eigenvalue weighted by Gasteiger charge is -2.19. The molecule has 0 unspecified atom stereocenters. The van der Waals surface area contributed by atoms with Gasteiger partial charge in [-0.2, -0.15) is 0 Å². The first-order valence-corrected chi connectivity index (χ1v) is 9.03. The van der Waals surface area contributed by atoms with Crippen molar-refractivity contribution in [2.45, 2.75) is 25.9 Å². The van der Waals surface area contributed by atoms with E-state index < -0.39 is 0 Å². The Morgan fingerprint density at radius 3 is 2.59 bits per heavy atom. The van der Waals surface area contributed by atoms with Crippen LogP contribution < -0.4 is 14.8 Å². The van der Waals surface area contributed by atoms with Crippen LogP contribution in [0.2, 0.25) is 0 Å². The molecule has 1 atom stereocenters. The van der Waals surface area contributed by atoms with E-state index >= 15 is 0 Å². The molecular weight excluding hydrogens is 340 g/mol. The molecule has 1 aliphatic heterocycles. The number of benzene rings is 2. The van der Waals surface area contributed by atoms with Crippen molar-refractivity contribution in [3.05, 3.63) is 83.7 Å². The van der Waals surface area contributed by atoms with E-state index in [2.05, 4.69) is 41.1 Å². The molecule has 2 aromatic carbocycles. The SMILES string of the molecule is Cc1ccc([C@@H](CC(=O)NCc2ccc3c(c2)OCO3)n2cccc2)cc1. The molecule has 0 spiro atoms. The van der Waals surface area contributed by atoms with Crippen LogP contribution in [0.3, 0.4) is 0 Å². The molecule has 5 nitrogen and oxygen atoms in total. The summed E-state index contributed by atoms with van der Waals surface area (Å²) in [4.78, 5) is 12.6. The van der Waals surface area contributed by atoms with Gasteiger partial charge < -0.3 is 19.4 Å². The monoisotopic (exact) mass is 362 g/mol. The minimum atomic E-state index is -0.0302. The highest BCUT2D eigenvalue weighted by atomic mass is 16.7. The fourth-order valence-corrected chi connectivity index (χ4v) is 3.24. The number of fused-ring (bicyclic) bond motifs is 1.